The van der Waals surface area contributed by atoms with Gasteiger partial charge in [-0.15, -0.1) is 0 Å². The van der Waals surface area contributed by atoms with Crippen molar-refractivity contribution in [1.82, 2.24) is 10.3 Å². The molecule has 1 heterocycles. The van der Waals surface area contributed by atoms with Crippen LogP contribution >= 0.6 is 0 Å². The van der Waals surface area contributed by atoms with Crippen LogP contribution in [-0.2, 0) is 6.54 Å². The van der Waals surface area contributed by atoms with Crippen LogP contribution in [0.25, 0.3) is 10.9 Å². The van der Waals surface area contributed by atoms with E-state index in [1.54, 1.807) is 0 Å². The number of nitrogens with two attached hydrogens (primary N) is 1. The van der Waals surface area contributed by atoms with Gasteiger partial charge in [-0.3, -0.25) is 0 Å². The predicted octanol–water partition coefficient (Wildman–Crippen LogP) is 1.52. The summed E-state index contributed by atoms with van der Waals surface area (Å²) in [6.45, 7) is 4.50. The van der Waals surface area contributed by atoms with E-state index in [1.807, 2.05) is 0 Å². The van der Waals surface area contributed by atoms with Gasteiger partial charge in [-0.2, -0.15) is 0 Å². The van der Waals surface area contributed by atoms with Crippen LogP contribution in [0.15, 0.2) is 24.3 Å². The number of H-pyrrole nitrogens is 1. The van der Waals surface area contributed by atoms with Crippen LogP contribution in [0.1, 0.15) is 11.3 Å². The standard InChI is InChI=1S/C12H17N3/c1-9-7-11-10(8-14-6-5-13)3-2-4-12(11)15-9/h2-4,7,14-15H,5-6,8,13H2,1H3. The lowest BCUT2D eigenvalue weighted by atomic mass is 10.1. The Morgan fingerprint density at radius 3 is 3.07 bits per heavy atom. The largest absolute Gasteiger partial charge is 0.359 e. The Morgan fingerprint density at radius 2 is 2.27 bits per heavy atom. The summed E-state index contributed by atoms with van der Waals surface area (Å²) in [5.41, 5.74) is 9.18. The van der Waals surface area contributed by atoms with Gasteiger partial charge in [0, 0.05) is 36.2 Å². The van der Waals surface area contributed by atoms with Crippen molar-refractivity contribution in [3.8, 4) is 0 Å². The van der Waals surface area contributed by atoms with Crippen LogP contribution in [0, 0.1) is 6.92 Å². The van der Waals surface area contributed by atoms with E-state index in [4.69, 9.17) is 5.73 Å². The number of rotatable bonds is 4. The monoisotopic (exact) mass is 203 g/mol. The number of nitrogens with one attached hydrogen (secondary N) is 2. The number of aryl methyl sites for hydroxylation is 1. The first kappa shape index (κ1) is 10.2. The molecule has 15 heavy (non-hydrogen) atoms. The molecule has 0 aliphatic heterocycles. The van der Waals surface area contributed by atoms with Gasteiger partial charge < -0.3 is 16.0 Å². The molecule has 0 amide bonds. The summed E-state index contributed by atoms with van der Waals surface area (Å²) in [4.78, 5) is 3.34. The Labute approximate surface area is 89.7 Å². The molecular formula is C12H17N3. The fourth-order valence-electron chi connectivity index (χ4n) is 1.84. The Hall–Kier alpha value is -1.32. The summed E-state index contributed by atoms with van der Waals surface area (Å²) in [5.74, 6) is 0. The average molecular weight is 203 g/mol. The molecule has 0 atom stereocenters. The minimum absolute atomic E-state index is 0.683. The Kier molecular flexibility index (Phi) is 3.04. The van der Waals surface area contributed by atoms with Gasteiger partial charge in [0.1, 0.15) is 0 Å². The normalized spacial score (nSPS) is 11.1. The van der Waals surface area contributed by atoms with Crippen LogP contribution in [0.5, 0.6) is 0 Å². The van der Waals surface area contributed by atoms with Crippen LogP contribution in [-0.4, -0.2) is 18.1 Å². The highest BCUT2D eigenvalue weighted by atomic mass is 14.9. The third-order valence-corrected chi connectivity index (χ3v) is 2.53. The van der Waals surface area contributed by atoms with Gasteiger partial charge in [0.2, 0.25) is 0 Å². The summed E-state index contributed by atoms with van der Waals surface area (Å²) in [7, 11) is 0. The van der Waals surface area contributed by atoms with E-state index in [0.717, 1.165) is 13.1 Å². The number of aromatic nitrogens is 1. The summed E-state index contributed by atoms with van der Waals surface area (Å²) in [6.07, 6.45) is 0. The van der Waals surface area contributed by atoms with Gasteiger partial charge in [-0.05, 0) is 24.6 Å². The SMILES string of the molecule is Cc1cc2c(CNCCN)cccc2[nH]1. The Morgan fingerprint density at radius 1 is 1.40 bits per heavy atom. The fourth-order valence-corrected chi connectivity index (χ4v) is 1.84. The molecule has 0 saturated heterocycles. The van der Waals surface area contributed by atoms with Crippen molar-refractivity contribution in [2.24, 2.45) is 5.73 Å². The highest BCUT2D eigenvalue weighted by Gasteiger charge is 2.02. The van der Waals surface area contributed by atoms with Crippen molar-refractivity contribution in [2.45, 2.75) is 13.5 Å². The molecule has 1 aromatic carbocycles. The molecule has 4 N–H and O–H groups in total. The Bertz CT molecular complexity index is 445. The minimum atomic E-state index is 0.683. The second-order valence-electron chi connectivity index (χ2n) is 3.80. The van der Waals surface area contributed by atoms with Crippen molar-refractivity contribution in [2.75, 3.05) is 13.1 Å². The summed E-state index contributed by atoms with van der Waals surface area (Å²) in [6, 6.07) is 8.53. The third kappa shape index (κ3) is 2.19. The third-order valence-electron chi connectivity index (χ3n) is 2.53. The molecule has 3 heteroatoms. The maximum absolute atomic E-state index is 5.44. The highest BCUT2D eigenvalue weighted by molar-refractivity contribution is 5.83. The first-order valence-electron chi connectivity index (χ1n) is 5.29. The quantitative estimate of drug-likeness (QED) is 0.660. The van der Waals surface area contributed by atoms with E-state index in [-0.39, 0.29) is 0 Å². The van der Waals surface area contributed by atoms with Gasteiger partial charge in [0.25, 0.3) is 0 Å². The molecule has 0 aliphatic rings. The lowest BCUT2D eigenvalue weighted by Crippen LogP contribution is -2.21. The first-order chi connectivity index (χ1) is 7.31. The molecule has 2 aromatic rings. The van der Waals surface area contributed by atoms with Crippen LogP contribution in [0.2, 0.25) is 0 Å². The van der Waals surface area contributed by atoms with Crippen LogP contribution < -0.4 is 11.1 Å². The fraction of sp³-hybridized carbons (Fsp3) is 0.333. The van der Waals surface area contributed by atoms with Crippen molar-refractivity contribution in [3.63, 3.8) is 0 Å². The highest BCUT2D eigenvalue weighted by Crippen LogP contribution is 2.19. The molecule has 1 aromatic heterocycles. The van der Waals surface area contributed by atoms with Crippen molar-refractivity contribution >= 4 is 10.9 Å². The zero-order valence-electron chi connectivity index (χ0n) is 9.01. The van der Waals surface area contributed by atoms with E-state index in [0.29, 0.717) is 6.54 Å². The summed E-state index contributed by atoms with van der Waals surface area (Å²) >= 11 is 0. The van der Waals surface area contributed by atoms with Gasteiger partial charge in [0.05, 0.1) is 0 Å². The van der Waals surface area contributed by atoms with Gasteiger partial charge in [-0.1, -0.05) is 12.1 Å². The predicted molar refractivity (Wildman–Crippen MR) is 63.8 cm³/mol. The molecule has 0 aliphatic carbocycles. The molecule has 0 fully saturated rings. The van der Waals surface area contributed by atoms with Gasteiger partial charge >= 0.3 is 0 Å². The Balaban J connectivity index is 2.25. The first-order valence-corrected chi connectivity index (χ1v) is 5.29. The lowest BCUT2D eigenvalue weighted by molar-refractivity contribution is 0.698. The zero-order chi connectivity index (χ0) is 10.7. The summed E-state index contributed by atoms with van der Waals surface area (Å²) in [5, 5.41) is 4.62. The molecule has 0 bridgehead atoms. The lowest BCUT2D eigenvalue weighted by Gasteiger charge is -2.04. The molecule has 0 spiro atoms. The van der Waals surface area contributed by atoms with Crippen LogP contribution in [0.4, 0.5) is 0 Å². The molecule has 0 radical (unpaired) electrons. The number of fused-ring (bicyclic) bond motifs is 1. The number of hydrogen-bond acceptors (Lipinski definition) is 2. The maximum atomic E-state index is 5.44. The second-order valence-corrected chi connectivity index (χ2v) is 3.80. The van der Waals surface area contributed by atoms with E-state index < -0.39 is 0 Å². The smallest absolute Gasteiger partial charge is 0.0459 e. The topological polar surface area (TPSA) is 53.8 Å². The molecule has 80 valence electrons. The molecule has 0 unspecified atom stereocenters. The molecular weight excluding hydrogens is 186 g/mol. The van der Waals surface area contributed by atoms with Gasteiger partial charge in [0.15, 0.2) is 0 Å². The van der Waals surface area contributed by atoms with E-state index >= 15 is 0 Å². The minimum Gasteiger partial charge on any atom is -0.359 e. The molecule has 3 nitrogen and oxygen atoms in total. The number of aromatic amines is 1. The molecule has 0 saturated carbocycles. The van der Waals surface area contributed by atoms with E-state index in [2.05, 4.69) is 41.5 Å². The summed E-state index contributed by atoms with van der Waals surface area (Å²) < 4.78 is 0. The molecule has 2 rings (SSSR count). The van der Waals surface area contributed by atoms with Crippen molar-refractivity contribution in [1.29, 1.82) is 0 Å². The second kappa shape index (κ2) is 4.47. The van der Waals surface area contributed by atoms with E-state index in [9.17, 15) is 0 Å². The zero-order valence-corrected chi connectivity index (χ0v) is 9.01. The van der Waals surface area contributed by atoms with Gasteiger partial charge in [-0.25, -0.2) is 0 Å². The van der Waals surface area contributed by atoms with Crippen molar-refractivity contribution < 1.29 is 0 Å². The number of hydrogen-bond donors (Lipinski definition) is 3. The van der Waals surface area contributed by atoms with E-state index in [1.165, 1.54) is 22.2 Å². The average Bonchev–Trinajstić information content (AvgIpc) is 2.59. The number of benzene rings is 1. The van der Waals surface area contributed by atoms with Crippen molar-refractivity contribution in [3.05, 3.63) is 35.5 Å². The van der Waals surface area contributed by atoms with Crippen LogP contribution in [0.3, 0.4) is 0 Å². The maximum Gasteiger partial charge on any atom is 0.0459 e.